The van der Waals surface area contributed by atoms with Crippen LogP contribution in [-0.4, -0.2) is 12.7 Å². The summed E-state index contributed by atoms with van der Waals surface area (Å²) >= 11 is 0. The van der Waals surface area contributed by atoms with Crippen molar-refractivity contribution in [2.45, 2.75) is 83.2 Å². The average Bonchev–Trinajstić information content (AvgIpc) is 2.60. The normalized spacial score (nSPS) is 21.5. The topological polar surface area (TPSA) is 9.23 Å². The number of hydrogen-bond donors (Lipinski definition) is 0. The van der Waals surface area contributed by atoms with Gasteiger partial charge in [0.05, 0.1) is 12.7 Å². The lowest BCUT2D eigenvalue weighted by Gasteiger charge is -2.29. The molecule has 1 aliphatic rings. The molecule has 0 radical (unpaired) electrons. The fourth-order valence-electron chi connectivity index (χ4n) is 3.82. The summed E-state index contributed by atoms with van der Waals surface area (Å²) in [6.07, 6.45) is 12.3. The van der Waals surface area contributed by atoms with Crippen molar-refractivity contribution in [3.8, 4) is 0 Å². The molecule has 1 saturated heterocycles. The average molecular weight is 315 g/mol. The van der Waals surface area contributed by atoms with E-state index in [-0.39, 0.29) is 0 Å². The lowest BCUT2D eigenvalue weighted by Crippen LogP contribution is -2.24. The predicted molar refractivity (Wildman–Crippen MR) is 100 cm³/mol. The molecule has 1 heteroatoms. The van der Waals surface area contributed by atoms with Crippen LogP contribution < -0.4 is 0 Å². The van der Waals surface area contributed by atoms with Crippen molar-refractivity contribution < 1.29 is 4.74 Å². The summed E-state index contributed by atoms with van der Waals surface area (Å²) in [6.45, 7) is 9.27. The molecule has 1 fully saturated rings. The summed E-state index contributed by atoms with van der Waals surface area (Å²) in [5.74, 6) is 1.32. The first-order valence-corrected chi connectivity index (χ1v) is 9.60. The standard InChI is InChI=1S/C22H34O/c1-4-7-10-22-16-15-21(17-23-22)20-13-11-19(12-14-20)18(8-5-2)9-6-3/h4,11-14,18,21-22H,1,5-10,15-17H2,2-3H3. The van der Waals surface area contributed by atoms with Crippen LogP contribution in [0.5, 0.6) is 0 Å². The summed E-state index contributed by atoms with van der Waals surface area (Å²) in [4.78, 5) is 0. The van der Waals surface area contributed by atoms with Crippen LogP contribution in [-0.2, 0) is 4.74 Å². The van der Waals surface area contributed by atoms with Crippen molar-refractivity contribution in [1.29, 1.82) is 0 Å². The van der Waals surface area contributed by atoms with Crippen molar-refractivity contribution in [3.63, 3.8) is 0 Å². The zero-order valence-corrected chi connectivity index (χ0v) is 15.1. The number of ether oxygens (including phenoxy) is 1. The monoisotopic (exact) mass is 314 g/mol. The van der Waals surface area contributed by atoms with Gasteiger partial charge in [-0.15, -0.1) is 6.58 Å². The quantitative estimate of drug-likeness (QED) is 0.467. The second kappa shape index (κ2) is 9.93. The molecule has 2 atom stereocenters. The molecule has 1 aromatic carbocycles. The second-order valence-electron chi connectivity index (χ2n) is 7.04. The van der Waals surface area contributed by atoms with Gasteiger partial charge in [0.2, 0.25) is 0 Å². The molecule has 1 aliphatic heterocycles. The van der Waals surface area contributed by atoms with E-state index in [4.69, 9.17) is 4.74 Å². The van der Waals surface area contributed by atoms with Crippen LogP contribution in [0.4, 0.5) is 0 Å². The molecule has 1 heterocycles. The summed E-state index contributed by atoms with van der Waals surface area (Å²) in [5.41, 5.74) is 2.99. The third-order valence-corrected chi connectivity index (χ3v) is 5.22. The SMILES string of the molecule is C=CCCC1CCC(c2ccc(C(CCC)CCC)cc2)CO1. The minimum atomic E-state index is 0.446. The zero-order chi connectivity index (χ0) is 16.5. The number of rotatable bonds is 9. The Morgan fingerprint density at radius 2 is 1.83 bits per heavy atom. The van der Waals surface area contributed by atoms with Crippen molar-refractivity contribution >= 4 is 0 Å². The van der Waals surface area contributed by atoms with Gasteiger partial charge in [-0.1, -0.05) is 57.0 Å². The zero-order valence-electron chi connectivity index (χ0n) is 15.1. The van der Waals surface area contributed by atoms with Crippen molar-refractivity contribution in [2.24, 2.45) is 0 Å². The smallest absolute Gasteiger partial charge is 0.0578 e. The maximum Gasteiger partial charge on any atom is 0.0578 e. The van der Waals surface area contributed by atoms with E-state index in [0.717, 1.165) is 25.4 Å². The Labute approximate surface area is 143 Å². The van der Waals surface area contributed by atoms with Gasteiger partial charge >= 0.3 is 0 Å². The minimum Gasteiger partial charge on any atom is -0.378 e. The molecule has 2 rings (SSSR count). The van der Waals surface area contributed by atoms with E-state index < -0.39 is 0 Å². The van der Waals surface area contributed by atoms with Gasteiger partial charge in [0.25, 0.3) is 0 Å². The van der Waals surface area contributed by atoms with Gasteiger partial charge in [0.1, 0.15) is 0 Å². The van der Waals surface area contributed by atoms with Crippen LogP contribution in [0.25, 0.3) is 0 Å². The lowest BCUT2D eigenvalue weighted by molar-refractivity contribution is -0.000176. The summed E-state index contributed by atoms with van der Waals surface area (Å²) in [7, 11) is 0. The van der Waals surface area contributed by atoms with Crippen LogP contribution in [0.15, 0.2) is 36.9 Å². The number of benzene rings is 1. The fraction of sp³-hybridized carbons (Fsp3) is 0.636. The van der Waals surface area contributed by atoms with Gasteiger partial charge in [-0.3, -0.25) is 0 Å². The highest BCUT2D eigenvalue weighted by molar-refractivity contribution is 5.28. The molecule has 0 spiro atoms. The first-order valence-electron chi connectivity index (χ1n) is 9.60. The van der Waals surface area contributed by atoms with Crippen LogP contribution in [0.2, 0.25) is 0 Å². The Kier molecular flexibility index (Phi) is 7.88. The molecular formula is C22H34O. The molecule has 0 aromatic heterocycles. The van der Waals surface area contributed by atoms with E-state index in [9.17, 15) is 0 Å². The Balaban J connectivity index is 1.91. The molecule has 2 unspecified atom stereocenters. The van der Waals surface area contributed by atoms with Crippen LogP contribution in [0, 0.1) is 0 Å². The van der Waals surface area contributed by atoms with Crippen molar-refractivity contribution in [2.75, 3.05) is 6.61 Å². The summed E-state index contributed by atoms with van der Waals surface area (Å²) in [5, 5.41) is 0. The maximum absolute atomic E-state index is 6.05. The molecule has 0 N–H and O–H groups in total. The molecule has 0 aliphatic carbocycles. The first-order chi connectivity index (χ1) is 11.3. The third-order valence-electron chi connectivity index (χ3n) is 5.22. The van der Waals surface area contributed by atoms with Gasteiger partial charge in [0, 0.05) is 5.92 Å². The van der Waals surface area contributed by atoms with Crippen LogP contribution in [0.3, 0.4) is 0 Å². The summed E-state index contributed by atoms with van der Waals surface area (Å²) < 4.78 is 6.05. The van der Waals surface area contributed by atoms with E-state index in [1.54, 1.807) is 0 Å². The molecule has 0 bridgehead atoms. The molecule has 23 heavy (non-hydrogen) atoms. The molecule has 0 saturated carbocycles. The Morgan fingerprint density at radius 3 is 2.35 bits per heavy atom. The molecular weight excluding hydrogens is 280 g/mol. The Bertz CT molecular complexity index is 434. The van der Waals surface area contributed by atoms with Crippen molar-refractivity contribution in [1.82, 2.24) is 0 Å². The largest absolute Gasteiger partial charge is 0.378 e. The molecule has 0 amide bonds. The maximum atomic E-state index is 6.05. The minimum absolute atomic E-state index is 0.446. The fourth-order valence-corrected chi connectivity index (χ4v) is 3.82. The van der Waals surface area contributed by atoms with E-state index in [2.05, 4.69) is 44.7 Å². The van der Waals surface area contributed by atoms with E-state index in [1.165, 1.54) is 49.7 Å². The summed E-state index contributed by atoms with van der Waals surface area (Å²) in [6, 6.07) is 9.45. The molecule has 1 aromatic rings. The van der Waals surface area contributed by atoms with E-state index >= 15 is 0 Å². The number of hydrogen-bond acceptors (Lipinski definition) is 1. The Hall–Kier alpha value is -1.08. The molecule has 128 valence electrons. The Morgan fingerprint density at radius 1 is 1.13 bits per heavy atom. The van der Waals surface area contributed by atoms with Gasteiger partial charge in [-0.05, 0) is 55.6 Å². The molecule has 1 nitrogen and oxygen atoms in total. The first kappa shape index (κ1) is 18.3. The predicted octanol–water partition coefficient (Wildman–Crippen LogP) is 6.60. The van der Waals surface area contributed by atoms with E-state index in [0.29, 0.717) is 12.0 Å². The van der Waals surface area contributed by atoms with Crippen molar-refractivity contribution in [3.05, 3.63) is 48.0 Å². The number of allylic oxidation sites excluding steroid dienone is 1. The van der Waals surface area contributed by atoms with E-state index in [1.807, 2.05) is 6.08 Å². The third kappa shape index (κ3) is 5.49. The van der Waals surface area contributed by atoms with Gasteiger partial charge in [0.15, 0.2) is 0 Å². The van der Waals surface area contributed by atoms with Gasteiger partial charge in [-0.2, -0.15) is 0 Å². The van der Waals surface area contributed by atoms with Crippen LogP contribution >= 0.6 is 0 Å². The van der Waals surface area contributed by atoms with Crippen LogP contribution in [0.1, 0.15) is 88.2 Å². The van der Waals surface area contributed by atoms with Gasteiger partial charge < -0.3 is 4.74 Å². The highest BCUT2D eigenvalue weighted by Gasteiger charge is 2.22. The second-order valence-corrected chi connectivity index (χ2v) is 7.04. The highest BCUT2D eigenvalue weighted by atomic mass is 16.5. The highest BCUT2D eigenvalue weighted by Crippen LogP contribution is 2.32. The van der Waals surface area contributed by atoms with Gasteiger partial charge in [-0.25, -0.2) is 0 Å². The lowest BCUT2D eigenvalue weighted by atomic mass is 9.86.